The molecule has 0 aliphatic carbocycles. The van der Waals surface area contributed by atoms with Crippen molar-refractivity contribution in [1.29, 1.82) is 0 Å². The maximum Gasteiger partial charge on any atom is 0.273 e. The Morgan fingerprint density at radius 2 is 1.79 bits per heavy atom. The zero-order valence-corrected chi connectivity index (χ0v) is 16.5. The normalized spacial score (nSPS) is 10.7. The minimum absolute atomic E-state index is 0.193. The van der Waals surface area contributed by atoms with Crippen LogP contribution in [0.25, 0.3) is 0 Å². The molecule has 0 fully saturated rings. The van der Waals surface area contributed by atoms with Gasteiger partial charge in [-0.1, -0.05) is 12.1 Å². The molecule has 0 saturated carbocycles. The fraction of sp³-hybridized carbons (Fsp3) is 0.300. The zero-order valence-electron chi connectivity index (χ0n) is 16.5. The Labute approximate surface area is 163 Å². The fourth-order valence-electron chi connectivity index (χ4n) is 2.92. The summed E-state index contributed by atoms with van der Waals surface area (Å²) in [4.78, 5) is 24.6. The van der Waals surface area contributed by atoms with Gasteiger partial charge < -0.3 is 10.6 Å². The zero-order chi connectivity index (χ0) is 20.3. The number of nitrogens with one attached hydrogen (secondary N) is 2. The lowest BCUT2D eigenvalue weighted by Gasteiger charge is -2.07. The maximum atomic E-state index is 12.6. The molecule has 2 heterocycles. The van der Waals surface area contributed by atoms with Crippen LogP contribution in [0.3, 0.4) is 0 Å². The highest BCUT2D eigenvalue weighted by molar-refractivity contribution is 6.08. The summed E-state index contributed by atoms with van der Waals surface area (Å²) in [5, 5.41) is 14.0. The Morgan fingerprint density at radius 3 is 2.36 bits per heavy atom. The summed E-state index contributed by atoms with van der Waals surface area (Å²) in [5.41, 5.74) is 4.20. The van der Waals surface area contributed by atoms with E-state index in [-0.39, 0.29) is 17.5 Å². The molecule has 0 bridgehead atoms. The Kier molecular flexibility index (Phi) is 5.58. The first-order chi connectivity index (χ1) is 13.4. The number of anilines is 1. The molecule has 8 heteroatoms. The number of hydrogen-bond donors (Lipinski definition) is 2. The second-order valence-corrected chi connectivity index (χ2v) is 6.56. The van der Waals surface area contributed by atoms with Gasteiger partial charge in [0.2, 0.25) is 0 Å². The van der Waals surface area contributed by atoms with Crippen molar-refractivity contribution in [2.45, 2.75) is 33.9 Å². The number of rotatable bonds is 6. The standard InChI is InChI=1S/C20H24N6O2/c1-5-25-12-17(18(24-25)20(28)21-4)22-19(27)16-8-6-15(7-9-16)11-26-14(3)10-13(2)23-26/h6-10,12H,5,11H2,1-4H3,(H,21,28)(H,22,27). The van der Waals surface area contributed by atoms with Crippen LogP contribution < -0.4 is 10.6 Å². The Morgan fingerprint density at radius 1 is 1.07 bits per heavy atom. The molecule has 0 atom stereocenters. The molecule has 28 heavy (non-hydrogen) atoms. The van der Waals surface area contributed by atoms with Crippen LogP contribution >= 0.6 is 0 Å². The summed E-state index contributed by atoms with van der Waals surface area (Å²) < 4.78 is 3.54. The van der Waals surface area contributed by atoms with Crippen LogP contribution in [0.4, 0.5) is 5.69 Å². The SMILES string of the molecule is CCn1cc(NC(=O)c2ccc(Cn3nc(C)cc3C)cc2)c(C(=O)NC)n1. The average Bonchev–Trinajstić information content (AvgIpc) is 3.23. The number of amides is 2. The van der Waals surface area contributed by atoms with Crippen molar-refractivity contribution >= 4 is 17.5 Å². The minimum Gasteiger partial charge on any atom is -0.354 e. The van der Waals surface area contributed by atoms with Crippen LogP contribution in [0.15, 0.2) is 36.5 Å². The smallest absolute Gasteiger partial charge is 0.273 e. The molecule has 146 valence electrons. The Balaban J connectivity index is 1.74. The van der Waals surface area contributed by atoms with E-state index in [2.05, 4.69) is 20.8 Å². The van der Waals surface area contributed by atoms with Gasteiger partial charge in [-0.2, -0.15) is 10.2 Å². The van der Waals surface area contributed by atoms with Gasteiger partial charge in [0.05, 0.1) is 17.9 Å². The second kappa shape index (κ2) is 8.08. The first kappa shape index (κ1) is 19.3. The van der Waals surface area contributed by atoms with Gasteiger partial charge in [0, 0.05) is 31.0 Å². The van der Waals surface area contributed by atoms with Crippen LogP contribution in [0, 0.1) is 13.8 Å². The van der Waals surface area contributed by atoms with Crippen LogP contribution in [0.2, 0.25) is 0 Å². The highest BCUT2D eigenvalue weighted by Crippen LogP contribution is 2.16. The number of benzene rings is 1. The van der Waals surface area contributed by atoms with E-state index in [0.717, 1.165) is 17.0 Å². The first-order valence-electron chi connectivity index (χ1n) is 9.12. The molecule has 2 N–H and O–H groups in total. The van der Waals surface area contributed by atoms with Crippen molar-refractivity contribution < 1.29 is 9.59 Å². The third kappa shape index (κ3) is 4.11. The predicted octanol–water partition coefficient (Wildman–Crippen LogP) is 2.38. The molecule has 3 rings (SSSR count). The lowest BCUT2D eigenvalue weighted by molar-refractivity contribution is 0.0958. The van der Waals surface area contributed by atoms with Gasteiger partial charge >= 0.3 is 0 Å². The van der Waals surface area contributed by atoms with Gasteiger partial charge in [-0.05, 0) is 44.5 Å². The number of hydrogen-bond acceptors (Lipinski definition) is 4. The van der Waals surface area contributed by atoms with Gasteiger partial charge in [0.25, 0.3) is 11.8 Å². The molecule has 2 amide bonds. The van der Waals surface area contributed by atoms with Crippen LogP contribution in [0.5, 0.6) is 0 Å². The number of aryl methyl sites for hydroxylation is 3. The summed E-state index contributed by atoms with van der Waals surface area (Å²) in [6.07, 6.45) is 1.65. The van der Waals surface area contributed by atoms with E-state index in [1.54, 1.807) is 23.0 Å². The van der Waals surface area contributed by atoms with Crippen molar-refractivity contribution in [2.75, 3.05) is 12.4 Å². The van der Waals surface area contributed by atoms with Gasteiger partial charge in [0.15, 0.2) is 5.69 Å². The molecule has 3 aromatic rings. The van der Waals surface area contributed by atoms with Crippen molar-refractivity contribution in [3.8, 4) is 0 Å². The van der Waals surface area contributed by atoms with Crippen LogP contribution in [0.1, 0.15) is 44.7 Å². The first-order valence-corrected chi connectivity index (χ1v) is 9.12. The number of aromatic nitrogens is 4. The van der Waals surface area contributed by atoms with Gasteiger partial charge in [-0.15, -0.1) is 0 Å². The monoisotopic (exact) mass is 380 g/mol. The van der Waals surface area contributed by atoms with Gasteiger partial charge in [-0.25, -0.2) is 0 Å². The average molecular weight is 380 g/mol. The van der Waals surface area contributed by atoms with E-state index >= 15 is 0 Å². The summed E-state index contributed by atoms with van der Waals surface area (Å²) in [6, 6.07) is 9.36. The molecule has 0 radical (unpaired) electrons. The van der Waals surface area contributed by atoms with E-state index in [9.17, 15) is 9.59 Å². The fourth-order valence-corrected chi connectivity index (χ4v) is 2.92. The molecular weight excluding hydrogens is 356 g/mol. The second-order valence-electron chi connectivity index (χ2n) is 6.56. The quantitative estimate of drug-likeness (QED) is 0.686. The topological polar surface area (TPSA) is 93.8 Å². The van der Waals surface area contributed by atoms with Crippen molar-refractivity contribution in [3.63, 3.8) is 0 Å². The third-order valence-corrected chi connectivity index (χ3v) is 4.43. The van der Waals surface area contributed by atoms with Gasteiger partial charge in [-0.3, -0.25) is 19.0 Å². The van der Waals surface area contributed by atoms with E-state index < -0.39 is 0 Å². The summed E-state index contributed by atoms with van der Waals surface area (Å²) in [6.45, 7) is 7.13. The number of nitrogens with zero attached hydrogens (tertiary/aromatic N) is 4. The lowest BCUT2D eigenvalue weighted by atomic mass is 10.1. The molecule has 0 aliphatic heterocycles. The number of carbonyl (C=O) groups excluding carboxylic acids is 2. The molecule has 0 unspecified atom stereocenters. The molecule has 0 saturated heterocycles. The predicted molar refractivity (Wildman–Crippen MR) is 106 cm³/mol. The molecule has 1 aromatic carbocycles. The van der Waals surface area contributed by atoms with Crippen molar-refractivity contribution in [3.05, 3.63) is 64.7 Å². The maximum absolute atomic E-state index is 12.6. The Hall–Kier alpha value is -3.42. The molecule has 8 nitrogen and oxygen atoms in total. The van der Waals surface area contributed by atoms with E-state index in [4.69, 9.17) is 0 Å². The molecule has 0 aliphatic rings. The summed E-state index contributed by atoms with van der Waals surface area (Å²) in [7, 11) is 1.53. The van der Waals surface area contributed by atoms with Crippen molar-refractivity contribution in [2.24, 2.45) is 0 Å². The highest BCUT2D eigenvalue weighted by atomic mass is 16.2. The van der Waals surface area contributed by atoms with Crippen LogP contribution in [-0.2, 0) is 13.1 Å². The summed E-state index contributed by atoms with van der Waals surface area (Å²) in [5.74, 6) is -0.638. The van der Waals surface area contributed by atoms with Gasteiger partial charge in [0.1, 0.15) is 0 Å². The summed E-state index contributed by atoms with van der Waals surface area (Å²) >= 11 is 0. The number of carbonyl (C=O) groups is 2. The highest BCUT2D eigenvalue weighted by Gasteiger charge is 2.18. The minimum atomic E-state index is -0.345. The largest absolute Gasteiger partial charge is 0.354 e. The van der Waals surface area contributed by atoms with E-state index in [1.165, 1.54) is 7.05 Å². The van der Waals surface area contributed by atoms with Crippen molar-refractivity contribution in [1.82, 2.24) is 24.9 Å². The lowest BCUT2D eigenvalue weighted by Crippen LogP contribution is -2.21. The van der Waals surface area contributed by atoms with Crippen LogP contribution in [-0.4, -0.2) is 38.4 Å². The molecular formula is C20H24N6O2. The third-order valence-electron chi connectivity index (χ3n) is 4.43. The Bertz CT molecular complexity index is 1000. The molecule has 0 spiro atoms. The molecule has 2 aromatic heterocycles. The van der Waals surface area contributed by atoms with E-state index in [0.29, 0.717) is 24.3 Å². The van der Waals surface area contributed by atoms with E-state index in [1.807, 2.05) is 43.7 Å².